The molecule has 0 bridgehead atoms. The molecule has 0 fully saturated rings. The Balaban J connectivity index is 2.45. The van der Waals surface area contributed by atoms with Crippen LogP contribution in [0.4, 0.5) is 5.69 Å². The Labute approximate surface area is 222 Å². The van der Waals surface area contributed by atoms with Crippen LogP contribution in [-0.4, -0.2) is 50.5 Å². The van der Waals surface area contributed by atoms with Gasteiger partial charge in [0.05, 0.1) is 11.9 Å². The van der Waals surface area contributed by atoms with Crippen LogP contribution in [0, 0.1) is 12.8 Å². The molecule has 0 aromatic heterocycles. The molecule has 2 rings (SSSR count). The van der Waals surface area contributed by atoms with E-state index < -0.39 is 28.5 Å². The highest BCUT2D eigenvalue weighted by Crippen LogP contribution is 2.29. The average molecular weight is 563 g/mol. The van der Waals surface area contributed by atoms with Gasteiger partial charge in [0.25, 0.3) is 0 Å². The fourth-order valence-electron chi connectivity index (χ4n) is 3.33. The number of amides is 2. The molecule has 35 heavy (non-hydrogen) atoms. The second-order valence-corrected chi connectivity index (χ2v) is 11.9. The highest BCUT2D eigenvalue weighted by molar-refractivity contribution is 7.92. The Morgan fingerprint density at radius 1 is 1.03 bits per heavy atom. The number of carbonyl (C=O) groups excluding carboxylic acids is 2. The van der Waals surface area contributed by atoms with E-state index in [1.807, 2.05) is 13.8 Å². The van der Waals surface area contributed by atoms with Crippen LogP contribution in [0.15, 0.2) is 36.4 Å². The standard InChI is InChI=1S/C24H30Cl3N3O4S/c1-15(2)12-28-24(32)17(4)29(13-18-9-10-19(25)11-21(18)27)23(31)14-30(35(5,33)34)22-8-6-7-20(26)16(22)3/h6-11,15,17H,12-14H2,1-5H3,(H,28,32)/t17-/m0/s1. The first-order valence-electron chi connectivity index (χ1n) is 11.0. The maximum absolute atomic E-state index is 13.6. The van der Waals surface area contributed by atoms with E-state index in [1.54, 1.807) is 50.2 Å². The fourth-order valence-corrected chi connectivity index (χ4v) is 4.87. The lowest BCUT2D eigenvalue weighted by Crippen LogP contribution is -2.51. The van der Waals surface area contributed by atoms with Crippen molar-refractivity contribution < 1.29 is 18.0 Å². The van der Waals surface area contributed by atoms with Gasteiger partial charge in [0.1, 0.15) is 12.6 Å². The van der Waals surface area contributed by atoms with Crippen molar-refractivity contribution in [3.8, 4) is 0 Å². The van der Waals surface area contributed by atoms with Gasteiger partial charge in [0, 0.05) is 28.2 Å². The Hall–Kier alpha value is -2.00. The van der Waals surface area contributed by atoms with Crippen LogP contribution in [0.1, 0.15) is 31.9 Å². The Morgan fingerprint density at radius 2 is 1.69 bits per heavy atom. The maximum Gasteiger partial charge on any atom is 0.244 e. The van der Waals surface area contributed by atoms with Crippen LogP contribution in [-0.2, 0) is 26.2 Å². The van der Waals surface area contributed by atoms with Crippen molar-refractivity contribution in [3.63, 3.8) is 0 Å². The molecule has 0 saturated carbocycles. The van der Waals surface area contributed by atoms with E-state index in [4.69, 9.17) is 34.8 Å². The molecular formula is C24H30Cl3N3O4S. The second kappa shape index (κ2) is 12.3. The first-order chi connectivity index (χ1) is 16.2. The van der Waals surface area contributed by atoms with Gasteiger partial charge in [-0.3, -0.25) is 13.9 Å². The van der Waals surface area contributed by atoms with Crippen molar-refractivity contribution in [3.05, 3.63) is 62.6 Å². The summed E-state index contributed by atoms with van der Waals surface area (Å²) in [5.41, 5.74) is 1.37. The van der Waals surface area contributed by atoms with Gasteiger partial charge in [-0.1, -0.05) is 60.8 Å². The van der Waals surface area contributed by atoms with E-state index >= 15 is 0 Å². The van der Waals surface area contributed by atoms with E-state index in [0.717, 1.165) is 10.6 Å². The lowest BCUT2D eigenvalue weighted by molar-refractivity contribution is -0.139. The number of anilines is 1. The molecule has 192 valence electrons. The molecule has 2 aromatic carbocycles. The number of nitrogens with one attached hydrogen (secondary N) is 1. The molecule has 1 N–H and O–H groups in total. The number of hydrogen-bond acceptors (Lipinski definition) is 4. The molecule has 2 aromatic rings. The van der Waals surface area contributed by atoms with E-state index in [0.29, 0.717) is 32.7 Å². The SMILES string of the molecule is Cc1c(Cl)cccc1N(CC(=O)N(Cc1ccc(Cl)cc1Cl)[C@@H](C)C(=O)NCC(C)C)S(C)(=O)=O. The smallest absolute Gasteiger partial charge is 0.244 e. The minimum absolute atomic E-state index is 0.0166. The predicted molar refractivity (Wildman–Crippen MR) is 143 cm³/mol. The molecule has 7 nitrogen and oxygen atoms in total. The van der Waals surface area contributed by atoms with Gasteiger partial charge in [0.15, 0.2) is 0 Å². The summed E-state index contributed by atoms with van der Waals surface area (Å²) >= 11 is 18.5. The van der Waals surface area contributed by atoms with Gasteiger partial charge in [-0.05, 0) is 55.2 Å². The molecular weight excluding hydrogens is 533 g/mol. The first-order valence-corrected chi connectivity index (χ1v) is 13.9. The predicted octanol–water partition coefficient (Wildman–Crippen LogP) is 4.91. The van der Waals surface area contributed by atoms with Crippen LogP contribution in [0.25, 0.3) is 0 Å². The second-order valence-electron chi connectivity index (χ2n) is 8.73. The Bertz CT molecular complexity index is 1190. The van der Waals surface area contributed by atoms with E-state index in [-0.39, 0.29) is 24.1 Å². The lowest BCUT2D eigenvalue weighted by atomic mass is 10.1. The van der Waals surface area contributed by atoms with Crippen molar-refractivity contribution in [1.82, 2.24) is 10.2 Å². The van der Waals surface area contributed by atoms with Crippen LogP contribution >= 0.6 is 34.8 Å². The fraction of sp³-hybridized carbons (Fsp3) is 0.417. The normalized spacial score (nSPS) is 12.4. The molecule has 0 aliphatic heterocycles. The zero-order valence-corrected chi connectivity index (χ0v) is 23.4. The molecule has 11 heteroatoms. The number of benzene rings is 2. The van der Waals surface area contributed by atoms with Gasteiger partial charge >= 0.3 is 0 Å². The number of carbonyl (C=O) groups is 2. The van der Waals surface area contributed by atoms with Gasteiger partial charge in [-0.2, -0.15) is 0 Å². The summed E-state index contributed by atoms with van der Waals surface area (Å²) in [5.74, 6) is -0.720. The minimum atomic E-state index is -3.86. The summed E-state index contributed by atoms with van der Waals surface area (Å²) in [7, 11) is -3.86. The number of halogens is 3. The van der Waals surface area contributed by atoms with Crippen molar-refractivity contribution >= 4 is 62.3 Å². The zero-order valence-electron chi connectivity index (χ0n) is 20.3. The first kappa shape index (κ1) is 29.2. The van der Waals surface area contributed by atoms with Gasteiger partial charge in [-0.15, -0.1) is 0 Å². The summed E-state index contributed by atoms with van der Waals surface area (Å²) < 4.78 is 26.4. The monoisotopic (exact) mass is 561 g/mol. The zero-order chi connectivity index (χ0) is 26.5. The van der Waals surface area contributed by atoms with Crippen LogP contribution in [0.5, 0.6) is 0 Å². The third kappa shape index (κ3) is 8.00. The van der Waals surface area contributed by atoms with Crippen molar-refractivity contribution in [2.45, 2.75) is 40.3 Å². The van der Waals surface area contributed by atoms with Gasteiger partial charge < -0.3 is 10.2 Å². The molecule has 0 aliphatic carbocycles. The third-order valence-electron chi connectivity index (χ3n) is 5.39. The topological polar surface area (TPSA) is 86.8 Å². The van der Waals surface area contributed by atoms with E-state index in [9.17, 15) is 18.0 Å². The molecule has 0 saturated heterocycles. The van der Waals surface area contributed by atoms with Crippen LogP contribution < -0.4 is 9.62 Å². The van der Waals surface area contributed by atoms with Crippen molar-refractivity contribution in [2.75, 3.05) is 23.7 Å². The number of hydrogen-bond donors (Lipinski definition) is 1. The summed E-state index contributed by atoms with van der Waals surface area (Å²) in [6.45, 7) is 7.08. The van der Waals surface area contributed by atoms with Crippen molar-refractivity contribution in [1.29, 1.82) is 0 Å². The molecule has 0 spiro atoms. The third-order valence-corrected chi connectivity index (χ3v) is 7.52. The van der Waals surface area contributed by atoms with Gasteiger partial charge in [0.2, 0.25) is 21.8 Å². The molecule has 0 radical (unpaired) electrons. The molecule has 0 unspecified atom stereocenters. The highest BCUT2D eigenvalue weighted by Gasteiger charge is 2.31. The average Bonchev–Trinajstić information content (AvgIpc) is 2.76. The Kier molecular flexibility index (Phi) is 10.3. The summed E-state index contributed by atoms with van der Waals surface area (Å²) in [4.78, 5) is 27.7. The van der Waals surface area contributed by atoms with Crippen molar-refractivity contribution in [2.24, 2.45) is 5.92 Å². The molecule has 0 aliphatic rings. The quantitative estimate of drug-likeness (QED) is 0.446. The number of rotatable bonds is 10. The summed E-state index contributed by atoms with van der Waals surface area (Å²) in [6.07, 6.45) is 1.01. The molecule has 1 atom stereocenters. The number of sulfonamides is 1. The summed E-state index contributed by atoms with van der Waals surface area (Å²) in [6, 6.07) is 8.78. The molecule has 0 heterocycles. The summed E-state index contributed by atoms with van der Waals surface area (Å²) in [5, 5.41) is 3.95. The van der Waals surface area contributed by atoms with Gasteiger partial charge in [-0.25, -0.2) is 8.42 Å². The maximum atomic E-state index is 13.6. The van der Waals surface area contributed by atoms with Crippen LogP contribution in [0.2, 0.25) is 15.1 Å². The van der Waals surface area contributed by atoms with Crippen LogP contribution in [0.3, 0.4) is 0 Å². The minimum Gasteiger partial charge on any atom is -0.354 e. The molecule has 2 amide bonds. The van der Waals surface area contributed by atoms with E-state index in [2.05, 4.69) is 5.32 Å². The lowest BCUT2D eigenvalue weighted by Gasteiger charge is -2.32. The number of nitrogens with zero attached hydrogens (tertiary/aromatic N) is 2. The van der Waals surface area contributed by atoms with E-state index in [1.165, 1.54) is 4.90 Å². The largest absolute Gasteiger partial charge is 0.354 e. The highest BCUT2D eigenvalue weighted by atomic mass is 35.5. The Morgan fingerprint density at radius 3 is 2.26 bits per heavy atom.